The molecule has 106 valence electrons. The molecule has 1 aliphatic carbocycles. The number of hydrogen-bond donors (Lipinski definition) is 1. The van der Waals surface area contributed by atoms with Gasteiger partial charge in [0, 0.05) is 24.2 Å². The third-order valence-electron chi connectivity index (χ3n) is 3.44. The van der Waals surface area contributed by atoms with Gasteiger partial charge in [-0.1, -0.05) is 25.8 Å². The molecule has 1 N–H and O–H groups in total. The number of nitrogens with one attached hydrogen (secondary N) is 1. The van der Waals surface area contributed by atoms with E-state index in [1.54, 1.807) is 7.11 Å². The van der Waals surface area contributed by atoms with Crippen LogP contribution in [0.25, 0.3) is 0 Å². The van der Waals surface area contributed by atoms with Crippen LogP contribution in [-0.4, -0.2) is 19.8 Å². The molecule has 1 aromatic carbocycles. The fourth-order valence-electron chi connectivity index (χ4n) is 2.02. The Hall–Kier alpha value is -1.22. The summed E-state index contributed by atoms with van der Waals surface area (Å²) in [4.78, 5) is 0. The lowest BCUT2D eigenvalue weighted by Crippen LogP contribution is -2.16. The third kappa shape index (κ3) is 4.75. The second-order valence-corrected chi connectivity index (χ2v) is 5.18. The standard InChI is InChI=1S/C16H25NO2/c1-3-4-5-10-19-16-11-15(18-2)9-6-13(16)12-17-14-7-8-14/h6,9,11,14,17H,3-5,7-8,10,12H2,1-2H3. The van der Waals surface area contributed by atoms with Gasteiger partial charge in [0.05, 0.1) is 13.7 Å². The Morgan fingerprint density at radius 1 is 1.26 bits per heavy atom. The zero-order chi connectivity index (χ0) is 13.5. The van der Waals surface area contributed by atoms with Gasteiger partial charge in [-0.3, -0.25) is 0 Å². The fraction of sp³-hybridized carbons (Fsp3) is 0.625. The first-order valence-corrected chi connectivity index (χ1v) is 7.36. The van der Waals surface area contributed by atoms with Gasteiger partial charge in [-0.2, -0.15) is 0 Å². The predicted molar refractivity (Wildman–Crippen MR) is 77.9 cm³/mol. The van der Waals surface area contributed by atoms with E-state index in [1.165, 1.54) is 31.2 Å². The van der Waals surface area contributed by atoms with Crippen molar-refractivity contribution in [3.05, 3.63) is 23.8 Å². The summed E-state index contributed by atoms with van der Waals surface area (Å²) >= 11 is 0. The minimum Gasteiger partial charge on any atom is -0.497 e. The topological polar surface area (TPSA) is 30.5 Å². The summed E-state index contributed by atoms with van der Waals surface area (Å²) in [5, 5.41) is 3.53. The highest BCUT2D eigenvalue weighted by Gasteiger charge is 2.20. The van der Waals surface area contributed by atoms with Gasteiger partial charge in [-0.15, -0.1) is 0 Å². The minimum absolute atomic E-state index is 0.718. The second-order valence-electron chi connectivity index (χ2n) is 5.18. The molecule has 0 radical (unpaired) electrons. The van der Waals surface area contributed by atoms with Crippen molar-refractivity contribution in [1.82, 2.24) is 5.32 Å². The van der Waals surface area contributed by atoms with Crippen molar-refractivity contribution >= 4 is 0 Å². The van der Waals surface area contributed by atoms with Crippen molar-refractivity contribution in [1.29, 1.82) is 0 Å². The SMILES string of the molecule is CCCCCOc1cc(OC)ccc1CNC1CC1. The summed E-state index contributed by atoms with van der Waals surface area (Å²) in [6.07, 6.45) is 6.17. The lowest BCUT2D eigenvalue weighted by molar-refractivity contribution is 0.300. The Labute approximate surface area is 116 Å². The van der Waals surface area contributed by atoms with Crippen LogP contribution in [-0.2, 0) is 6.54 Å². The van der Waals surface area contributed by atoms with Crippen LogP contribution in [0.3, 0.4) is 0 Å². The third-order valence-corrected chi connectivity index (χ3v) is 3.44. The lowest BCUT2D eigenvalue weighted by Gasteiger charge is -2.13. The Morgan fingerprint density at radius 3 is 2.79 bits per heavy atom. The summed E-state index contributed by atoms with van der Waals surface area (Å²) in [6.45, 7) is 3.88. The molecular weight excluding hydrogens is 238 g/mol. The van der Waals surface area contributed by atoms with Crippen LogP contribution in [0.1, 0.15) is 44.6 Å². The molecule has 0 amide bonds. The second kappa shape index (κ2) is 7.39. The summed E-state index contributed by atoms with van der Waals surface area (Å²) in [5.74, 6) is 1.82. The molecule has 0 saturated heterocycles. The molecule has 2 rings (SSSR count). The van der Waals surface area contributed by atoms with Crippen LogP contribution in [0.15, 0.2) is 18.2 Å². The van der Waals surface area contributed by atoms with E-state index in [9.17, 15) is 0 Å². The molecule has 0 unspecified atom stereocenters. The summed E-state index contributed by atoms with van der Waals surface area (Å²) < 4.78 is 11.2. The van der Waals surface area contributed by atoms with Crippen molar-refractivity contribution in [3.63, 3.8) is 0 Å². The molecular formula is C16H25NO2. The van der Waals surface area contributed by atoms with Gasteiger partial charge in [0.25, 0.3) is 0 Å². The average Bonchev–Trinajstić information content (AvgIpc) is 3.26. The number of unbranched alkanes of at least 4 members (excludes halogenated alkanes) is 2. The van der Waals surface area contributed by atoms with Gasteiger partial charge >= 0.3 is 0 Å². The number of ether oxygens (including phenoxy) is 2. The monoisotopic (exact) mass is 263 g/mol. The van der Waals surface area contributed by atoms with Gasteiger partial charge in [0.1, 0.15) is 11.5 Å². The molecule has 0 spiro atoms. The van der Waals surface area contributed by atoms with Crippen LogP contribution in [0, 0.1) is 0 Å². The Bertz CT molecular complexity index is 388. The molecule has 1 aromatic rings. The fourth-order valence-corrected chi connectivity index (χ4v) is 2.02. The minimum atomic E-state index is 0.718. The largest absolute Gasteiger partial charge is 0.497 e. The van der Waals surface area contributed by atoms with Crippen molar-refractivity contribution in [2.75, 3.05) is 13.7 Å². The highest BCUT2D eigenvalue weighted by molar-refractivity contribution is 5.40. The van der Waals surface area contributed by atoms with Crippen LogP contribution < -0.4 is 14.8 Å². The number of hydrogen-bond acceptors (Lipinski definition) is 3. The maximum Gasteiger partial charge on any atom is 0.127 e. The Morgan fingerprint density at radius 2 is 2.11 bits per heavy atom. The summed E-state index contributed by atoms with van der Waals surface area (Å²) in [7, 11) is 1.69. The molecule has 0 atom stereocenters. The smallest absolute Gasteiger partial charge is 0.127 e. The van der Waals surface area contributed by atoms with Crippen molar-refractivity contribution in [3.8, 4) is 11.5 Å². The van der Waals surface area contributed by atoms with Crippen LogP contribution in [0.5, 0.6) is 11.5 Å². The molecule has 0 heterocycles. The van der Waals surface area contributed by atoms with Crippen LogP contribution in [0.2, 0.25) is 0 Å². The Kier molecular flexibility index (Phi) is 5.52. The molecule has 0 aromatic heterocycles. The zero-order valence-corrected chi connectivity index (χ0v) is 12.1. The van der Waals surface area contributed by atoms with E-state index < -0.39 is 0 Å². The zero-order valence-electron chi connectivity index (χ0n) is 12.1. The lowest BCUT2D eigenvalue weighted by atomic mass is 10.2. The maximum atomic E-state index is 5.91. The molecule has 19 heavy (non-hydrogen) atoms. The molecule has 1 fully saturated rings. The van der Waals surface area contributed by atoms with E-state index in [-0.39, 0.29) is 0 Å². The van der Waals surface area contributed by atoms with Gasteiger partial charge in [0.15, 0.2) is 0 Å². The van der Waals surface area contributed by atoms with E-state index in [1.807, 2.05) is 12.1 Å². The van der Waals surface area contributed by atoms with Gasteiger partial charge in [-0.25, -0.2) is 0 Å². The van der Waals surface area contributed by atoms with E-state index in [0.29, 0.717) is 0 Å². The van der Waals surface area contributed by atoms with E-state index in [0.717, 1.165) is 37.1 Å². The normalized spacial score (nSPS) is 14.4. The quantitative estimate of drug-likeness (QED) is 0.692. The highest BCUT2D eigenvalue weighted by atomic mass is 16.5. The Balaban J connectivity index is 1.93. The number of benzene rings is 1. The first kappa shape index (κ1) is 14.2. The van der Waals surface area contributed by atoms with E-state index >= 15 is 0 Å². The molecule has 3 nitrogen and oxygen atoms in total. The maximum absolute atomic E-state index is 5.91. The molecule has 0 aliphatic heterocycles. The van der Waals surface area contributed by atoms with Gasteiger partial charge < -0.3 is 14.8 Å². The molecule has 1 saturated carbocycles. The van der Waals surface area contributed by atoms with Crippen LogP contribution in [0.4, 0.5) is 0 Å². The first-order chi connectivity index (χ1) is 9.33. The van der Waals surface area contributed by atoms with Crippen molar-refractivity contribution in [2.45, 2.75) is 51.6 Å². The first-order valence-electron chi connectivity index (χ1n) is 7.36. The molecule has 0 bridgehead atoms. The summed E-state index contributed by atoms with van der Waals surface area (Å²) in [6, 6.07) is 6.82. The number of methoxy groups -OCH3 is 1. The highest BCUT2D eigenvalue weighted by Crippen LogP contribution is 2.26. The van der Waals surface area contributed by atoms with Gasteiger partial charge in [-0.05, 0) is 25.3 Å². The van der Waals surface area contributed by atoms with Gasteiger partial charge in [0.2, 0.25) is 0 Å². The average molecular weight is 263 g/mol. The van der Waals surface area contributed by atoms with Crippen molar-refractivity contribution < 1.29 is 9.47 Å². The van der Waals surface area contributed by atoms with E-state index in [4.69, 9.17) is 9.47 Å². The molecule has 3 heteroatoms. The predicted octanol–water partition coefficient (Wildman–Crippen LogP) is 3.52. The van der Waals surface area contributed by atoms with Crippen LogP contribution >= 0.6 is 0 Å². The number of rotatable bonds is 9. The molecule has 1 aliphatic rings. The summed E-state index contributed by atoms with van der Waals surface area (Å²) in [5.41, 5.74) is 1.23. The van der Waals surface area contributed by atoms with E-state index in [2.05, 4.69) is 18.3 Å². The van der Waals surface area contributed by atoms with Crippen molar-refractivity contribution in [2.24, 2.45) is 0 Å².